The molecule has 2 aromatic carbocycles. The minimum atomic E-state index is -0.224. The second-order valence-electron chi connectivity index (χ2n) is 4.47. The van der Waals surface area contributed by atoms with Crippen molar-refractivity contribution in [3.8, 4) is 22.8 Å². The zero-order valence-corrected chi connectivity index (χ0v) is 10.4. The number of phenols is 2. The number of aryl methyl sites for hydroxylation is 1. The summed E-state index contributed by atoms with van der Waals surface area (Å²) in [6.45, 7) is 1.95. The molecule has 0 bridgehead atoms. The molecule has 0 atom stereocenters. The molecule has 3 aromatic rings. The maximum atomic E-state index is 9.91. The lowest BCUT2D eigenvalue weighted by molar-refractivity contribution is 0.400. The summed E-state index contributed by atoms with van der Waals surface area (Å²) >= 11 is 0. The zero-order valence-electron chi connectivity index (χ0n) is 10.4. The lowest BCUT2D eigenvalue weighted by Crippen LogP contribution is -1.84. The van der Waals surface area contributed by atoms with Gasteiger partial charge in [0.25, 0.3) is 5.75 Å². The summed E-state index contributed by atoms with van der Waals surface area (Å²) in [7, 11) is 0. The van der Waals surface area contributed by atoms with E-state index in [-0.39, 0.29) is 11.5 Å². The van der Waals surface area contributed by atoms with Crippen molar-refractivity contribution in [1.82, 2.24) is 0 Å². The van der Waals surface area contributed by atoms with Crippen LogP contribution in [0.5, 0.6) is 11.5 Å². The minimum Gasteiger partial charge on any atom is -0.504 e. The van der Waals surface area contributed by atoms with Gasteiger partial charge in [-0.05, 0) is 36.8 Å². The van der Waals surface area contributed by atoms with Gasteiger partial charge >= 0.3 is 11.3 Å². The molecule has 0 radical (unpaired) electrons. The van der Waals surface area contributed by atoms with E-state index in [0.717, 1.165) is 16.5 Å². The zero-order chi connectivity index (χ0) is 13.4. The van der Waals surface area contributed by atoms with Crippen molar-refractivity contribution in [3.05, 3.63) is 54.1 Å². The summed E-state index contributed by atoms with van der Waals surface area (Å²) in [6, 6.07) is 14.8. The topological polar surface area (TPSA) is 51.8 Å². The normalized spacial score (nSPS) is 10.8. The van der Waals surface area contributed by atoms with Gasteiger partial charge in [0.05, 0.1) is 10.9 Å². The van der Waals surface area contributed by atoms with Gasteiger partial charge in [-0.15, -0.1) is 0 Å². The van der Waals surface area contributed by atoms with Crippen LogP contribution >= 0.6 is 0 Å². The molecule has 0 aliphatic rings. The van der Waals surface area contributed by atoms with Gasteiger partial charge in [-0.25, -0.2) is 4.42 Å². The highest BCUT2D eigenvalue weighted by Gasteiger charge is 2.22. The number of benzene rings is 2. The number of hydrogen-bond acceptors (Lipinski definition) is 2. The Morgan fingerprint density at radius 2 is 1.68 bits per heavy atom. The first-order valence-corrected chi connectivity index (χ1v) is 6.00. The third-order valence-electron chi connectivity index (χ3n) is 3.15. The summed E-state index contributed by atoms with van der Waals surface area (Å²) in [5, 5.41) is 20.3. The average Bonchev–Trinajstić information content (AvgIpc) is 2.44. The fourth-order valence-electron chi connectivity index (χ4n) is 2.13. The molecule has 0 saturated carbocycles. The van der Waals surface area contributed by atoms with Crippen molar-refractivity contribution in [2.24, 2.45) is 0 Å². The van der Waals surface area contributed by atoms with Gasteiger partial charge in [0, 0.05) is 6.07 Å². The van der Waals surface area contributed by atoms with Crippen molar-refractivity contribution in [1.29, 1.82) is 0 Å². The molecule has 0 spiro atoms. The van der Waals surface area contributed by atoms with Crippen LogP contribution in [0.15, 0.2) is 52.9 Å². The van der Waals surface area contributed by atoms with Crippen LogP contribution in [0.1, 0.15) is 5.56 Å². The lowest BCUT2D eigenvalue weighted by Gasteiger charge is -1.99. The average molecular weight is 253 g/mol. The third-order valence-corrected chi connectivity index (χ3v) is 3.15. The van der Waals surface area contributed by atoms with Crippen LogP contribution in [0.3, 0.4) is 0 Å². The third kappa shape index (κ3) is 1.89. The molecule has 0 fully saturated rings. The van der Waals surface area contributed by atoms with Gasteiger partial charge < -0.3 is 10.2 Å². The van der Waals surface area contributed by atoms with E-state index >= 15 is 0 Å². The molecule has 0 aliphatic heterocycles. The molecular formula is C16H13O3+. The first-order chi connectivity index (χ1) is 9.16. The molecule has 3 heteroatoms. The Morgan fingerprint density at radius 3 is 2.42 bits per heavy atom. The quantitative estimate of drug-likeness (QED) is 0.507. The van der Waals surface area contributed by atoms with Crippen LogP contribution in [0, 0.1) is 6.92 Å². The molecule has 0 unspecified atom stereocenters. The van der Waals surface area contributed by atoms with Crippen molar-refractivity contribution >= 4 is 11.0 Å². The van der Waals surface area contributed by atoms with Gasteiger partial charge in [0.1, 0.15) is 0 Å². The van der Waals surface area contributed by atoms with Gasteiger partial charge in [-0.2, -0.15) is 0 Å². The van der Waals surface area contributed by atoms with E-state index in [1.54, 1.807) is 6.07 Å². The number of aromatic hydroxyl groups is 2. The number of fused-ring (bicyclic) bond motifs is 1. The molecule has 94 valence electrons. The minimum absolute atomic E-state index is 0.180. The molecule has 3 nitrogen and oxygen atoms in total. The monoisotopic (exact) mass is 253 g/mol. The lowest BCUT2D eigenvalue weighted by atomic mass is 10.1. The van der Waals surface area contributed by atoms with E-state index in [4.69, 9.17) is 4.42 Å². The molecule has 1 heterocycles. The maximum Gasteiger partial charge on any atom is 0.406 e. The Labute approximate surface area is 110 Å². The van der Waals surface area contributed by atoms with Crippen LogP contribution in [-0.4, -0.2) is 10.2 Å². The second-order valence-corrected chi connectivity index (χ2v) is 4.47. The van der Waals surface area contributed by atoms with Crippen LogP contribution in [0.25, 0.3) is 22.3 Å². The maximum absolute atomic E-state index is 9.91. The molecule has 2 N–H and O–H groups in total. The van der Waals surface area contributed by atoms with Gasteiger partial charge in [0.15, 0.2) is 5.75 Å². The predicted octanol–water partition coefficient (Wildman–Crippen LogP) is 4.10. The summed E-state index contributed by atoms with van der Waals surface area (Å²) in [5.41, 5.74) is 2.21. The van der Waals surface area contributed by atoms with Crippen LogP contribution in [-0.2, 0) is 0 Å². The highest BCUT2D eigenvalue weighted by Crippen LogP contribution is 2.37. The molecule has 19 heavy (non-hydrogen) atoms. The summed E-state index contributed by atoms with van der Waals surface area (Å²) in [4.78, 5) is 0. The van der Waals surface area contributed by atoms with E-state index in [9.17, 15) is 10.2 Å². The smallest absolute Gasteiger partial charge is 0.406 e. The van der Waals surface area contributed by atoms with Crippen molar-refractivity contribution in [2.45, 2.75) is 6.92 Å². The first-order valence-electron chi connectivity index (χ1n) is 6.00. The standard InChI is InChI=1S/C16H12O3/c1-10-9-14(11-5-3-2-4-6-11)19-16-12(10)7-8-13(17)15(16)18/h2-9H,1H3,(H-,17,18)/p+1. The van der Waals surface area contributed by atoms with E-state index in [1.165, 1.54) is 6.07 Å². The van der Waals surface area contributed by atoms with Crippen molar-refractivity contribution in [3.63, 3.8) is 0 Å². The Kier molecular flexibility index (Phi) is 2.60. The summed E-state index contributed by atoms with van der Waals surface area (Å²) in [6.07, 6.45) is 0. The second kappa shape index (κ2) is 4.28. The highest BCUT2D eigenvalue weighted by atomic mass is 16.4. The van der Waals surface area contributed by atoms with Crippen LogP contribution in [0.4, 0.5) is 0 Å². The first kappa shape index (κ1) is 11.5. The van der Waals surface area contributed by atoms with Gasteiger partial charge in [-0.1, -0.05) is 18.2 Å². The van der Waals surface area contributed by atoms with E-state index in [1.807, 2.05) is 43.3 Å². The largest absolute Gasteiger partial charge is 0.504 e. The molecule has 3 rings (SSSR count). The Morgan fingerprint density at radius 1 is 0.947 bits per heavy atom. The Hall–Kier alpha value is -2.55. The SMILES string of the molecule is Cc1cc(-c2ccccc2)[o+]c2c(O)c(O)ccc12. The molecular weight excluding hydrogens is 240 g/mol. The van der Waals surface area contributed by atoms with Gasteiger partial charge in [0.2, 0.25) is 0 Å². The van der Waals surface area contributed by atoms with E-state index in [0.29, 0.717) is 11.3 Å². The Bertz CT molecular complexity index is 749. The van der Waals surface area contributed by atoms with Gasteiger partial charge in [-0.3, -0.25) is 0 Å². The Balaban J connectivity index is 2.32. The summed E-state index contributed by atoms with van der Waals surface area (Å²) < 4.78 is 5.73. The number of rotatable bonds is 1. The molecule has 0 amide bonds. The molecule has 0 aliphatic carbocycles. The molecule has 1 aromatic heterocycles. The molecule has 0 saturated heterocycles. The number of hydrogen-bond donors (Lipinski definition) is 2. The highest BCUT2D eigenvalue weighted by molar-refractivity contribution is 5.88. The van der Waals surface area contributed by atoms with Crippen molar-refractivity contribution in [2.75, 3.05) is 0 Å². The van der Waals surface area contributed by atoms with E-state index in [2.05, 4.69) is 0 Å². The van der Waals surface area contributed by atoms with Crippen molar-refractivity contribution < 1.29 is 14.6 Å². The van der Waals surface area contributed by atoms with Crippen LogP contribution < -0.4 is 0 Å². The van der Waals surface area contributed by atoms with Crippen LogP contribution in [0.2, 0.25) is 0 Å². The predicted molar refractivity (Wildman–Crippen MR) is 74.1 cm³/mol. The summed E-state index contributed by atoms with van der Waals surface area (Å²) in [5.74, 6) is 0.255. The number of phenolic OH excluding ortho intramolecular Hbond substituents is 2. The fourth-order valence-corrected chi connectivity index (χ4v) is 2.13. The van der Waals surface area contributed by atoms with E-state index < -0.39 is 0 Å². The fraction of sp³-hybridized carbons (Fsp3) is 0.0625.